The SMILES string of the molecule is COc1c(-c2ccc(CC3CC(C)O[C@H](C)C3)cc2)ccc2c(-c3ccc(C)cc3)cc(F)cc12. The lowest BCUT2D eigenvalue weighted by atomic mass is 9.86. The summed E-state index contributed by atoms with van der Waals surface area (Å²) in [5.74, 6) is 1.09. The van der Waals surface area contributed by atoms with Crippen LogP contribution in [0, 0.1) is 18.7 Å². The van der Waals surface area contributed by atoms with Gasteiger partial charge in [-0.15, -0.1) is 0 Å². The van der Waals surface area contributed by atoms with Gasteiger partial charge in [-0.25, -0.2) is 4.39 Å². The highest BCUT2D eigenvalue weighted by molar-refractivity contribution is 6.03. The average molecular weight is 469 g/mol. The van der Waals surface area contributed by atoms with E-state index in [0.29, 0.717) is 23.9 Å². The van der Waals surface area contributed by atoms with Gasteiger partial charge in [-0.05, 0) is 91.8 Å². The largest absolute Gasteiger partial charge is 0.495 e. The van der Waals surface area contributed by atoms with E-state index in [2.05, 4.69) is 69.3 Å². The molecule has 0 aromatic heterocycles. The summed E-state index contributed by atoms with van der Waals surface area (Å²) in [6.45, 7) is 6.40. The van der Waals surface area contributed by atoms with Crippen LogP contribution in [-0.4, -0.2) is 19.3 Å². The molecular formula is C32H33FO2. The van der Waals surface area contributed by atoms with E-state index in [0.717, 1.165) is 52.3 Å². The molecule has 0 amide bonds. The Bertz CT molecular complexity index is 1310. The van der Waals surface area contributed by atoms with E-state index in [1.807, 2.05) is 12.1 Å². The van der Waals surface area contributed by atoms with Crippen LogP contribution >= 0.6 is 0 Å². The molecule has 4 aromatic carbocycles. The van der Waals surface area contributed by atoms with Crippen LogP contribution in [0.15, 0.2) is 72.8 Å². The molecule has 1 aliphatic rings. The van der Waals surface area contributed by atoms with Crippen molar-refractivity contribution < 1.29 is 13.9 Å². The van der Waals surface area contributed by atoms with Crippen molar-refractivity contribution in [3.05, 3.63) is 89.7 Å². The molecule has 0 N–H and O–H groups in total. The van der Waals surface area contributed by atoms with Gasteiger partial charge in [-0.2, -0.15) is 0 Å². The van der Waals surface area contributed by atoms with E-state index < -0.39 is 0 Å². The van der Waals surface area contributed by atoms with Gasteiger partial charge in [0.05, 0.1) is 19.3 Å². The molecule has 1 heterocycles. The van der Waals surface area contributed by atoms with Crippen LogP contribution in [0.2, 0.25) is 0 Å². The van der Waals surface area contributed by atoms with Gasteiger partial charge in [0.25, 0.3) is 0 Å². The van der Waals surface area contributed by atoms with Gasteiger partial charge < -0.3 is 9.47 Å². The van der Waals surface area contributed by atoms with Crippen molar-refractivity contribution in [3.63, 3.8) is 0 Å². The molecule has 0 bridgehead atoms. The number of hydrogen-bond acceptors (Lipinski definition) is 2. The maximum absolute atomic E-state index is 14.8. The van der Waals surface area contributed by atoms with E-state index >= 15 is 0 Å². The fourth-order valence-electron chi connectivity index (χ4n) is 5.66. The first kappa shape index (κ1) is 23.6. The summed E-state index contributed by atoms with van der Waals surface area (Å²) in [5, 5.41) is 1.77. The molecule has 35 heavy (non-hydrogen) atoms. The van der Waals surface area contributed by atoms with Crippen molar-refractivity contribution in [1.29, 1.82) is 0 Å². The fourth-order valence-corrected chi connectivity index (χ4v) is 5.66. The van der Waals surface area contributed by atoms with Gasteiger partial charge in [0.2, 0.25) is 0 Å². The molecule has 2 unspecified atom stereocenters. The molecule has 5 rings (SSSR count). The minimum absolute atomic E-state index is 0.265. The Hall–Kier alpha value is -3.17. The Kier molecular flexibility index (Phi) is 6.62. The highest BCUT2D eigenvalue weighted by Gasteiger charge is 2.24. The maximum atomic E-state index is 14.8. The summed E-state index contributed by atoms with van der Waals surface area (Å²) in [5.41, 5.74) is 6.44. The van der Waals surface area contributed by atoms with Gasteiger partial charge >= 0.3 is 0 Å². The van der Waals surface area contributed by atoms with Gasteiger partial charge in [0, 0.05) is 10.9 Å². The zero-order chi connectivity index (χ0) is 24.5. The van der Waals surface area contributed by atoms with Crippen LogP contribution < -0.4 is 4.74 Å². The van der Waals surface area contributed by atoms with Crippen molar-refractivity contribution in [1.82, 2.24) is 0 Å². The summed E-state index contributed by atoms with van der Waals surface area (Å²) in [6, 6.07) is 24.3. The minimum atomic E-state index is -0.265. The van der Waals surface area contributed by atoms with Crippen LogP contribution in [0.4, 0.5) is 4.39 Å². The zero-order valence-electron chi connectivity index (χ0n) is 21.0. The molecule has 3 heteroatoms. The molecule has 1 saturated heterocycles. The Morgan fingerprint density at radius 3 is 2.09 bits per heavy atom. The Labute approximate surface area is 207 Å². The highest BCUT2D eigenvalue weighted by atomic mass is 19.1. The highest BCUT2D eigenvalue weighted by Crippen LogP contribution is 2.41. The number of ether oxygens (including phenoxy) is 2. The second-order valence-corrected chi connectivity index (χ2v) is 10.1. The lowest BCUT2D eigenvalue weighted by Gasteiger charge is -2.32. The van der Waals surface area contributed by atoms with Crippen LogP contribution in [0.1, 0.15) is 37.8 Å². The van der Waals surface area contributed by atoms with E-state index in [9.17, 15) is 4.39 Å². The summed E-state index contributed by atoms with van der Waals surface area (Å²) in [7, 11) is 1.66. The molecule has 0 saturated carbocycles. The number of fused-ring (bicyclic) bond motifs is 1. The quantitative estimate of drug-likeness (QED) is 0.293. The number of halogens is 1. The molecule has 0 radical (unpaired) electrons. The van der Waals surface area contributed by atoms with E-state index in [-0.39, 0.29) is 5.82 Å². The predicted octanol–water partition coefficient (Wildman–Crippen LogP) is 8.38. The monoisotopic (exact) mass is 468 g/mol. The molecule has 0 spiro atoms. The lowest BCUT2D eigenvalue weighted by Crippen LogP contribution is -2.30. The first-order valence-electron chi connectivity index (χ1n) is 12.5. The molecule has 2 nitrogen and oxygen atoms in total. The van der Waals surface area contributed by atoms with E-state index in [1.165, 1.54) is 11.1 Å². The Balaban J connectivity index is 1.49. The first-order chi connectivity index (χ1) is 16.9. The van der Waals surface area contributed by atoms with Crippen molar-refractivity contribution in [2.24, 2.45) is 5.92 Å². The Morgan fingerprint density at radius 2 is 1.43 bits per heavy atom. The molecule has 1 aliphatic heterocycles. The second kappa shape index (κ2) is 9.83. The lowest BCUT2D eigenvalue weighted by molar-refractivity contribution is -0.0518. The Morgan fingerprint density at radius 1 is 0.800 bits per heavy atom. The zero-order valence-corrected chi connectivity index (χ0v) is 21.0. The molecule has 3 atom stereocenters. The smallest absolute Gasteiger partial charge is 0.134 e. The third kappa shape index (κ3) is 4.97. The number of aryl methyl sites for hydroxylation is 1. The van der Waals surface area contributed by atoms with E-state index in [4.69, 9.17) is 9.47 Å². The van der Waals surface area contributed by atoms with Gasteiger partial charge in [0.15, 0.2) is 0 Å². The molecule has 1 fully saturated rings. The van der Waals surface area contributed by atoms with Crippen molar-refractivity contribution in [2.75, 3.05) is 7.11 Å². The summed E-state index contributed by atoms with van der Waals surface area (Å²) in [4.78, 5) is 0. The molecular weight excluding hydrogens is 435 g/mol. The number of hydrogen-bond donors (Lipinski definition) is 0. The topological polar surface area (TPSA) is 18.5 Å². The van der Waals surface area contributed by atoms with Crippen LogP contribution in [0.5, 0.6) is 5.75 Å². The van der Waals surface area contributed by atoms with Gasteiger partial charge in [0.1, 0.15) is 11.6 Å². The minimum Gasteiger partial charge on any atom is -0.495 e. The van der Waals surface area contributed by atoms with Crippen LogP contribution in [0.3, 0.4) is 0 Å². The molecule has 180 valence electrons. The average Bonchev–Trinajstić information content (AvgIpc) is 2.83. The van der Waals surface area contributed by atoms with Gasteiger partial charge in [-0.1, -0.05) is 60.2 Å². The summed E-state index contributed by atoms with van der Waals surface area (Å²) >= 11 is 0. The molecule has 0 aliphatic carbocycles. The third-order valence-electron chi connectivity index (χ3n) is 7.20. The van der Waals surface area contributed by atoms with Crippen molar-refractivity contribution in [2.45, 2.75) is 52.2 Å². The third-order valence-corrected chi connectivity index (χ3v) is 7.20. The predicted molar refractivity (Wildman–Crippen MR) is 143 cm³/mol. The number of rotatable bonds is 5. The maximum Gasteiger partial charge on any atom is 0.134 e. The van der Waals surface area contributed by atoms with Crippen LogP contribution in [0.25, 0.3) is 33.0 Å². The first-order valence-corrected chi connectivity index (χ1v) is 12.5. The summed E-state index contributed by atoms with van der Waals surface area (Å²) in [6.07, 6.45) is 3.95. The summed E-state index contributed by atoms with van der Waals surface area (Å²) < 4.78 is 26.6. The van der Waals surface area contributed by atoms with Gasteiger partial charge in [-0.3, -0.25) is 0 Å². The number of methoxy groups -OCH3 is 1. The normalized spacial score (nSPS) is 20.2. The van der Waals surface area contributed by atoms with E-state index in [1.54, 1.807) is 19.2 Å². The fraction of sp³-hybridized carbons (Fsp3) is 0.312. The second-order valence-electron chi connectivity index (χ2n) is 10.1. The van der Waals surface area contributed by atoms with Crippen molar-refractivity contribution >= 4 is 10.8 Å². The number of benzene rings is 4. The standard InChI is InChI=1S/C32H33FO2/c1-20-5-9-26(10-6-20)30-18-27(33)19-31-29(30)14-13-28(32(31)34-4)25-11-7-23(8-12-25)17-24-15-21(2)35-22(3)16-24/h5-14,18-19,21-22,24H,15-17H2,1-4H3/t21-,22?,24?/m1/s1. The van der Waals surface area contributed by atoms with Crippen LogP contribution in [-0.2, 0) is 11.2 Å². The van der Waals surface area contributed by atoms with Crippen molar-refractivity contribution in [3.8, 4) is 28.0 Å². The molecule has 4 aromatic rings.